The summed E-state index contributed by atoms with van der Waals surface area (Å²) in [5.41, 5.74) is 0.740. The smallest absolute Gasteiger partial charge is 0.267 e. The molecule has 0 unspecified atom stereocenters. The van der Waals surface area contributed by atoms with E-state index in [1.807, 2.05) is 15.9 Å². The van der Waals surface area contributed by atoms with Gasteiger partial charge < -0.3 is 20.2 Å². The van der Waals surface area contributed by atoms with Gasteiger partial charge in [0.25, 0.3) is 5.91 Å². The Kier molecular flexibility index (Phi) is 5.57. The lowest BCUT2D eigenvalue weighted by atomic mass is 10.2. The molecule has 0 atom stereocenters. The zero-order chi connectivity index (χ0) is 19.2. The maximum atomic E-state index is 13.9. The molecule has 138 valence electrons. The molecule has 2 aromatic rings. The van der Waals surface area contributed by atoms with Gasteiger partial charge in [-0.05, 0) is 24.3 Å². The summed E-state index contributed by atoms with van der Waals surface area (Å²) < 4.78 is 13.9. The normalized spacial score (nSPS) is 14.6. The molecule has 1 heterocycles. The Bertz CT molecular complexity index is 899. The van der Waals surface area contributed by atoms with Crippen molar-refractivity contribution in [2.24, 2.45) is 0 Å². The van der Waals surface area contributed by atoms with Crippen LogP contribution in [0.15, 0.2) is 60.3 Å². The summed E-state index contributed by atoms with van der Waals surface area (Å²) in [6.07, 6.45) is 1.51. The topological polar surface area (TPSA) is 79.6 Å². The monoisotopic (exact) mass is 366 g/mol. The summed E-state index contributed by atoms with van der Waals surface area (Å²) in [6, 6.07) is 14.8. The summed E-state index contributed by atoms with van der Waals surface area (Å²) in [5, 5.41) is 21.6. The number of phenols is 1. The van der Waals surface area contributed by atoms with E-state index in [1.165, 1.54) is 18.3 Å². The van der Waals surface area contributed by atoms with Gasteiger partial charge in [0.05, 0.1) is 11.4 Å². The number of aromatic hydroxyl groups is 1. The van der Waals surface area contributed by atoms with Crippen molar-refractivity contribution in [1.82, 2.24) is 4.90 Å². The summed E-state index contributed by atoms with van der Waals surface area (Å²) >= 11 is 0. The number of piperazine rings is 1. The standard InChI is InChI=1S/C20H19FN4O2/c21-16-5-1-3-7-18(16)25-11-9-24(10-12-25)14-15(13-22)20(27)23-17-6-2-4-8-19(17)26/h1-8,14,26H,9-12H2,(H,23,27)/b15-14-. The van der Waals surface area contributed by atoms with Gasteiger partial charge in [0.2, 0.25) is 0 Å². The average molecular weight is 366 g/mol. The predicted molar refractivity (Wildman–Crippen MR) is 101 cm³/mol. The molecule has 0 radical (unpaired) electrons. The highest BCUT2D eigenvalue weighted by atomic mass is 19.1. The first kappa shape index (κ1) is 18.3. The maximum Gasteiger partial charge on any atom is 0.267 e. The number of nitrogens with one attached hydrogen (secondary N) is 1. The van der Waals surface area contributed by atoms with Gasteiger partial charge in [-0.1, -0.05) is 24.3 Å². The van der Waals surface area contributed by atoms with Crippen molar-refractivity contribution in [3.8, 4) is 11.8 Å². The van der Waals surface area contributed by atoms with Gasteiger partial charge in [-0.3, -0.25) is 4.79 Å². The zero-order valence-corrected chi connectivity index (χ0v) is 14.6. The van der Waals surface area contributed by atoms with Gasteiger partial charge in [-0.2, -0.15) is 5.26 Å². The van der Waals surface area contributed by atoms with E-state index in [4.69, 9.17) is 0 Å². The molecule has 0 spiro atoms. The number of halogens is 1. The number of hydrogen-bond acceptors (Lipinski definition) is 5. The van der Waals surface area contributed by atoms with Crippen molar-refractivity contribution >= 4 is 17.3 Å². The van der Waals surface area contributed by atoms with Gasteiger partial charge in [-0.25, -0.2) is 4.39 Å². The van der Waals surface area contributed by atoms with Crippen LogP contribution in [0.5, 0.6) is 5.75 Å². The molecule has 27 heavy (non-hydrogen) atoms. The molecule has 1 amide bonds. The fourth-order valence-corrected chi connectivity index (χ4v) is 2.89. The lowest BCUT2D eigenvalue weighted by Crippen LogP contribution is -2.44. The molecule has 6 nitrogen and oxygen atoms in total. The molecule has 0 bridgehead atoms. The van der Waals surface area contributed by atoms with E-state index in [1.54, 1.807) is 36.4 Å². The molecule has 0 aliphatic carbocycles. The molecule has 0 aromatic heterocycles. The minimum Gasteiger partial charge on any atom is -0.506 e. The Morgan fingerprint density at radius 1 is 1.11 bits per heavy atom. The highest BCUT2D eigenvalue weighted by Crippen LogP contribution is 2.23. The molecule has 3 rings (SSSR count). The van der Waals surface area contributed by atoms with E-state index in [9.17, 15) is 19.6 Å². The highest BCUT2D eigenvalue weighted by molar-refractivity contribution is 6.07. The number of hydrogen-bond donors (Lipinski definition) is 2. The van der Waals surface area contributed by atoms with E-state index in [0.29, 0.717) is 31.9 Å². The first-order valence-electron chi connectivity index (χ1n) is 8.53. The van der Waals surface area contributed by atoms with Crippen molar-refractivity contribution in [2.45, 2.75) is 0 Å². The number of benzene rings is 2. The quantitative estimate of drug-likeness (QED) is 0.494. The molecule has 0 saturated carbocycles. The van der Waals surface area contributed by atoms with Crippen LogP contribution in [0, 0.1) is 17.1 Å². The third-order valence-electron chi connectivity index (χ3n) is 4.34. The van der Waals surface area contributed by atoms with E-state index in [0.717, 1.165) is 0 Å². The second kappa shape index (κ2) is 8.23. The molecule has 1 saturated heterocycles. The minimum absolute atomic E-state index is 0.0578. The van der Waals surface area contributed by atoms with Crippen molar-refractivity contribution in [3.63, 3.8) is 0 Å². The zero-order valence-electron chi connectivity index (χ0n) is 14.6. The van der Waals surface area contributed by atoms with Crippen LogP contribution in [-0.2, 0) is 4.79 Å². The number of rotatable bonds is 4. The summed E-state index contributed by atoms with van der Waals surface area (Å²) in [7, 11) is 0. The van der Waals surface area contributed by atoms with Crippen LogP contribution in [0.3, 0.4) is 0 Å². The Balaban J connectivity index is 1.64. The van der Waals surface area contributed by atoms with Crippen LogP contribution in [-0.4, -0.2) is 42.1 Å². The predicted octanol–water partition coefficient (Wildman–Crippen LogP) is 2.70. The van der Waals surface area contributed by atoms with Crippen LogP contribution in [0.4, 0.5) is 15.8 Å². The average Bonchev–Trinajstić information content (AvgIpc) is 2.69. The number of carbonyl (C=O) groups is 1. The number of amides is 1. The van der Waals surface area contributed by atoms with Crippen molar-refractivity contribution in [2.75, 3.05) is 36.4 Å². The molecule has 7 heteroatoms. The fourth-order valence-electron chi connectivity index (χ4n) is 2.89. The van der Waals surface area contributed by atoms with Crippen molar-refractivity contribution in [3.05, 3.63) is 66.1 Å². The van der Waals surface area contributed by atoms with Crippen LogP contribution < -0.4 is 10.2 Å². The van der Waals surface area contributed by atoms with E-state index >= 15 is 0 Å². The van der Waals surface area contributed by atoms with E-state index in [-0.39, 0.29) is 22.8 Å². The summed E-state index contributed by atoms with van der Waals surface area (Å²) in [5.74, 6) is -0.918. The second-order valence-corrected chi connectivity index (χ2v) is 6.10. The largest absolute Gasteiger partial charge is 0.506 e. The number of carbonyl (C=O) groups excluding carboxylic acids is 1. The van der Waals surface area contributed by atoms with Crippen LogP contribution >= 0.6 is 0 Å². The molecule has 1 fully saturated rings. The van der Waals surface area contributed by atoms with Crippen LogP contribution in [0.2, 0.25) is 0 Å². The number of nitriles is 1. The second-order valence-electron chi connectivity index (χ2n) is 6.10. The lowest BCUT2D eigenvalue weighted by molar-refractivity contribution is -0.112. The highest BCUT2D eigenvalue weighted by Gasteiger charge is 2.19. The van der Waals surface area contributed by atoms with Crippen LogP contribution in [0.25, 0.3) is 0 Å². The minimum atomic E-state index is -0.587. The van der Waals surface area contributed by atoms with Crippen LogP contribution in [0.1, 0.15) is 0 Å². The van der Waals surface area contributed by atoms with Gasteiger partial charge in [0.1, 0.15) is 23.2 Å². The Labute approximate surface area is 156 Å². The first-order chi connectivity index (χ1) is 13.1. The number of para-hydroxylation sites is 3. The van der Waals surface area contributed by atoms with E-state index in [2.05, 4.69) is 5.32 Å². The number of nitrogens with zero attached hydrogens (tertiary/aromatic N) is 3. The fraction of sp³-hybridized carbons (Fsp3) is 0.200. The van der Waals surface area contributed by atoms with Gasteiger partial charge in [0.15, 0.2) is 0 Å². The van der Waals surface area contributed by atoms with Gasteiger partial charge in [0, 0.05) is 32.4 Å². The summed E-state index contributed by atoms with van der Waals surface area (Å²) in [6.45, 7) is 2.28. The molecular formula is C20H19FN4O2. The Morgan fingerprint density at radius 3 is 2.44 bits per heavy atom. The number of phenolic OH excluding ortho intramolecular Hbond substituents is 1. The maximum absolute atomic E-state index is 13.9. The Hall–Kier alpha value is -3.53. The van der Waals surface area contributed by atoms with Crippen molar-refractivity contribution in [1.29, 1.82) is 5.26 Å². The van der Waals surface area contributed by atoms with E-state index < -0.39 is 5.91 Å². The van der Waals surface area contributed by atoms with Crippen molar-refractivity contribution < 1.29 is 14.3 Å². The molecule has 2 N–H and O–H groups in total. The first-order valence-corrected chi connectivity index (χ1v) is 8.53. The third kappa shape index (κ3) is 4.36. The SMILES string of the molecule is N#C/C(=C/N1CCN(c2ccccc2F)CC1)C(=O)Nc1ccccc1O. The Morgan fingerprint density at radius 2 is 1.78 bits per heavy atom. The lowest BCUT2D eigenvalue weighted by Gasteiger charge is -2.35. The summed E-state index contributed by atoms with van der Waals surface area (Å²) in [4.78, 5) is 16.1. The molecule has 2 aromatic carbocycles. The number of anilines is 2. The molecule has 1 aliphatic rings. The van der Waals surface area contributed by atoms with Gasteiger partial charge in [-0.15, -0.1) is 0 Å². The molecular weight excluding hydrogens is 347 g/mol. The molecule has 1 aliphatic heterocycles. The third-order valence-corrected chi connectivity index (χ3v) is 4.34. The van der Waals surface area contributed by atoms with Gasteiger partial charge >= 0.3 is 0 Å².